The van der Waals surface area contributed by atoms with Gasteiger partial charge in [-0.05, 0) is 41.7 Å². The molecule has 1 atom stereocenters. The van der Waals surface area contributed by atoms with Gasteiger partial charge in [-0.3, -0.25) is 9.69 Å². The number of carbonyl (C=O) groups is 1. The van der Waals surface area contributed by atoms with Gasteiger partial charge in [-0.15, -0.1) is 0 Å². The van der Waals surface area contributed by atoms with Crippen molar-refractivity contribution in [1.29, 1.82) is 0 Å². The summed E-state index contributed by atoms with van der Waals surface area (Å²) in [4.78, 5) is 19.2. The van der Waals surface area contributed by atoms with E-state index in [0.29, 0.717) is 11.1 Å². The average molecular weight is 415 g/mol. The summed E-state index contributed by atoms with van der Waals surface area (Å²) in [7, 11) is 1.58. The van der Waals surface area contributed by atoms with Crippen LogP contribution in [0.4, 0.5) is 8.78 Å². The zero-order valence-corrected chi connectivity index (χ0v) is 17.3. The van der Waals surface area contributed by atoms with Crippen LogP contribution in [0.5, 0.6) is 5.75 Å². The molecule has 0 bridgehead atoms. The second-order valence-electron chi connectivity index (χ2n) is 7.46. The van der Waals surface area contributed by atoms with E-state index in [1.807, 2.05) is 24.3 Å². The number of carbonyl (C=O) groups excluding carboxylic acids is 1. The van der Waals surface area contributed by atoms with Crippen molar-refractivity contribution in [2.75, 3.05) is 7.05 Å². The lowest BCUT2D eigenvalue weighted by molar-refractivity contribution is -0.129. The molecular weight excluding hydrogens is 388 g/mol. The Hall–Kier alpha value is -2.96. The molecule has 5 nitrogen and oxygen atoms in total. The van der Waals surface area contributed by atoms with Crippen LogP contribution in [0, 0.1) is 0 Å². The Labute approximate surface area is 175 Å². The number of amides is 1. The second kappa shape index (κ2) is 9.24. The lowest BCUT2D eigenvalue weighted by atomic mass is 9.82. The highest BCUT2D eigenvalue weighted by molar-refractivity contribution is 6.08. The molecule has 2 aromatic carbocycles. The third kappa shape index (κ3) is 4.30. The summed E-state index contributed by atoms with van der Waals surface area (Å²) in [6, 6.07) is 13.8. The first-order valence-corrected chi connectivity index (χ1v) is 10.2. The van der Waals surface area contributed by atoms with Gasteiger partial charge >= 0.3 is 6.61 Å². The summed E-state index contributed by atoms with van der Waals surface area (Å²) < 4.78 is 29.4. The van der Waals surface area contributed by atoms with Crippen molar-refractivity contribution in [2.45, 2.75) is 51.2 Å². The third-order valence-electron chi connectivity index (χ3n) is 5.40. The first-order valence-electron chi connectivity index (χ1n) is 10.2. The maximum atomic E-state index is 13.3. The number of halogens is 2. The van der Waals surface area contributed by atoms with Gasteiger partial charge < -0.3 is 10.5 Å². The molecule has 1 aliphatic rings. The Bertz CT molecular complexity index is 915. The van der Waals surface area contributed by atoms with Gasteiger partial charge in [0.25, 0.3) is 5.91 Å². The van der Waals surface area contributed by atoms with Gasteiger partial charge in [0.1, 0.15) is 5.75 Å². The second-order valence-corrected chi connectivity index (χ2v) is 7.46. The molecule has 1 amide bonds. The predicted molar refractivity (Wildman–Crippen MR) is 113 cm³/mol. The summed E-state index contributed by atoms with van der Waals surface area (Å²) in [6.45, 7) is -0.741. The van der Waals surface area contributed by atoms with Crippen LogP contribution in [0.1, 0.15) is 49.3 Å². The maximum absolute atomic E-state index is 13.3. The van der Waals surface area contributed by atoms with Gasteiger partial charge in [0.15, 0.2) is 11.5 Å². The highest BCUT2D eigenvalue weighted by Crippen LogP contribution is 2.40. The van der Waals surface area contributed by atoms with E-state index in [1.54, 1.807) is 19.2 Å². The molecule has 7 heteroatoms. The van der Waals surface area contributed by atoms with Crippen LogP contribution in [-0.2, 0) is 16.8 Å². The summed E-state index contributed by atoms with van der Waals surface area (Å²) >= 11 is 0. The number of nitrogens with two attached hydrogens (primary N) is 1. The number of nitrogens with zero attached hydrogens (tertiary/aromatic N) is 2. The fraction of sp³-hybridized carbons (Fsp3) is 0.391. The molecule has 1 heterocycles. The van der Waals surface area contributed by atoms with Crippen LogP contribution in [-0.4, -0.2) is 30.4 Å². The standard InChI is InChI=1S/C23H27F2N3O2/c1-3-4-5-6-8-16-9-7-10-18(15-16)23(20(29)28(2)22(26)27-23)17-11-13-19(14-12-17)30-21(24)25/h7,9-15,21H,3-6,8H2,1-2H3,(H2,26,27). The summed E-state index contributed by atoms with van der Waals surface area (Å²) in [5.74, 6) is -0.156. The minimum Gasteiger partial charge on any atom is -0.435 e. The molecule has 2 N–H and O–H groups in total. The Morgan fingerprint density at radius 1 is 1.10 bits per heavy atom. The number of unbranched alkanes of at least 4 members (excludes halogenated alkanes) is 3. The zero-order chi connectivity index (χ0) is 21.7. The summed E-state index contributed by atoms with van der Waals surface area (Å²) in [5.41, 5.74) is 7.02. The Balaban J connectivity index is 2.00. The Morgan fingerprint density at radius 2 is 1.83 bits per heavy atom. The Kier molecular flexibility index (Phi) is 6.70. The smallest absolute Gasteiger partial charge is 0.387 e. The average Bonchev–Trinajstić information content (AvgIpc) is 2.96. The highest BCUT2D eigenvalue weighted by atomic mass is 19.3. The van der Waals surface area contributed by atoms with Crippen LogP contribution in [0.25, 0.3) is 0 Å². The van der Waals surface area contributed by atoms with E-state index in [9.17, 15) is 13.6 Å². The number of aryl methyl sites for hydroxylation is 1. The van der Waals surface area contributed by atoms with E-state index in [0.717, 1.165) is 24.8 Å². The first-order chi connectivity index (χ1) is 14.4. The predicted octanol–water partition coefficient (Wildman–Crippen LogP) is 4.44. The number of hydrogen-bond donors (Lipinski definition) is 1. The monoisotopic (exact) mass is 415 g/mol. The molecule has 160 valence electrons. The minimum atomic E-state index is -2.91. The number of rotatable bonds is 9. The van der Waals surface area contributed by atoms with E-state index in [-0.39, 0.29) is 17.6 Å². The molecular formula is C23H27F2N3O2. The van der Waals surface area contributed by atoms with E-state index in [2.05, 4.69) is 16.7 Å². The molecule has 3 rings (SSSR count). The van der Waals surface area contributed by atoms with Crippen molar-refractivity contribution in [3.8, 4) is 5.75 Å². The van der Waals surface area contributed by atoms with E-state index >= 15 is 0 Å². The van der Waals surface area contributed by atoms with Gasteiger partial charge in [-0.25, -0.2) is 4.99 Å². The SMILES string of the molecule is CCCCCCc1cccc(C2(c3ccc(OC(F)F)cc3)N=C(N)N(C)C2=O)c1. The molecule has 0 spiro atoms. The topological polar surface area (TPSA) is 67.9 Å². The lowest BCUT2D eigenvalue weighted by Gasteiger charge is -2.26. The molecule has 0 aliphatic carbocycles. The largest absolute Gasteiger partial charge is 0.435 e. The van der Waals surface area contributed by atoms with Crippen LogP contribution >= 0.6 is 0 Å². The van der Waals surface area contributed by atoms with Crippen molar-refractivity contribution in [3.05, 3.63) is 65.2 Å². The van der Waals surface area contributed by atoms with Crippen molar-refractivity contribution < 1.29 is 18.3 Å². The van der Waals surface area contributed by atoms with E-state index in [1.165, 1.54) is 29.9 Å². The van der Waals surface area contributed by atoms with Crippen molar-refractivity contribution >= 4 is 11.9 Å². The van der Waals surface area contributed by atoms with E-state index in [4.69, 9.17) is 5.73 Å². The number of alkyl halides is 2. The number of ether oxygens (including phenoxy) is 1. The minimum absolute atomic E-state index is 0.0179. The number of guanidine groups is 1. The van der Waals surface area contributed by atoms with Crippen molar-refractivity contribution in [2.24, 2.45) is 10.7 Å². The maximum Gasteiger partial charge on any atom is 0.387 e. The molecule has 0 saturated carbocycles. The quantitative estimate of drug-likeness (QED) is 0.616. The lowest BCUT2D eigenvalue weighted by Crippen LogP contribution is -2.41. The number of hydrogen-bond acceptors (Lipinski definition) is 4. The number of aliphatic imine (C=N–C) groups is 1. The van der Waals surface area contributed by atoms with E-state index < -0.39 is 12.2 Å². The molecule has 0 fully saturated rings. The molecule has 0 saturated heterocycles. The first kappa shape index (κ1) is 21.7. The van der Waals surface area contributed by atoms with Gasteiger partial charge in [-0.1, -0.05) is 62.6 Å². The molecule has 0 aromatic heterocycles. The highest BCUT2D eigenvalue weighted by Gasteiger charge is 2.49. The fourth-order valence-corrected chi connectivity index (χ4v) is 3.77. The zero-order valence-electron chi connectivity index (χ0n) is 17.3. The molecule has 1 unspecified atom stereocenters. The number of likely N-dealkylation sites (N-methyl/N-ethyl adjacent to an activating group) is 1. The molecule has 30 heavy (non-hydrogen) atoms. The van der Waals surface area contributed by atoms with Crippen molar-refractivity contribution in [3.63, 3.8) is 0 Å². The van der Waals surface area contributed by atoms with Gasteiger partial charge in [-0.2, -0.15) is 8.78 Å². The third-order valence-corrected chi connectivity index (χ3v) is 5.40. The van der Waals surface area contributed by atoms with Crippen LogP contribution in [0.3, 0.4) is 0 Å². The molecule has 2 aromatic rings. The van der Waals surface area contributed by atoms with Gasteiger partial charge in [0, 0.05) is 7.05 Å². The van der Waals surface area contributed by atoms with Crippen LogP contribution in [0.2, 0.25) is 0 Å². The van der Waals surface area contributed by atoms with Gasteiger partial charge in [0.2, 0.25) is 0 Å². The summed E-state index contributed by atoms with van der Waals surface area (Å²) in [6.07, 6.45) is 5.51. The fourth-order valence-electron chi connectivity index (χ4n) is 3.77. The van der Waals surface area contributed by atoms with Crippen LogP contribution < -0.4 is 10.5 Å². The molecule has 0 radical (unpaired) electrons. The van der Waals surface area contributed by atoms with Crippen LogP contribution in [0.15, 0.2) is 53.5 Å². The normalized spacial score (nSPS) is 18.8. The summed E-state index contributed by atoms with van der Waals surface area (Å²) in [5, 5.41) is 0. The Morgan fingerprint density at radius 3 is 2.43 bits per heavy atom. The van der Waals surface area contributed by atoms with Crippen molar-refractivity contribution in [1.82, 2.24) is 4.90 Å². The number of benzene rings is 2. The molecule has 1 aliphatic heterocycles. The van der Waals surface area contributed by atoms with Gasteiger partial charge in [0.05, 0.1) is 0 Å².